The summed E-state index contributed by atoms with van der Waals surface area (Å²) >= 11 is 0. The molecule has 0 unspecified atom stereocenters. The van der Waals surface area contributed by atoms with Crippen LogP contribution in [0.4, 0.5) is 4.79 Å². The van der Waals surface area contributed by atoms with E-state index in [1.807, 2.05) is 72.8 Å². The molecule has 134 valence electrons. The minimum Gasteiger partial charge on any atom is -0.495 e. The van der Waals surface area contributed by atoms with Crippen LogP contribution < -0.4 is 0 Å². The number of ether oxygens (including phenoxy) is 2. The molecule has 2 aromatic carbocycles. The zero-order valence-electron chi connectivity index (χ0n) is 14.9. The first-order valence-corrected chi connectivity index (χ1v) is 8.77. The lowest BCUT2D eigenvalue weighted by Gasteiger charge is -2.28. The largest absolute Gasteiger partial charge is 0.495 e. The van der Waals surface area contributed by atoms with Crippen molar-refractivity contribution in [1.82, 2.24) is 4.90 Å². The predicted octanol–water partition coefficient (Wildman–Crippen LogP) is 4.99. The fraction of sp³-hybridized carbons (Fsp3) is 0.227. The molecule has 0 saturated carbocycles. The molecule has 0 saturated heterocycles. The van der Waals surface area contributed by atoms with Crippen molar-refractivity contribution in [1.29, 1.82) is 0 Å². The molecule has 4 nitrogen and oxygen atoms in total. The highest BCUT2D eigenvalue weighted by Crippen LogP contribution is 2.25. The van der Waals surface area contributed by atoms with Crippen LogP contribution in [-0.2, 0) is 16.1 Å². The van der Waals surface area contributed by atoms with E-state index in [0.29, 0.717) is 12.3 Å². The second-order valence-corrected chi connectivity index (χ2v) is 6.05. The van der Waals surface area contributed by atoms with Crippen molar-refractivity contribution in [3.63, 3.8) is 0 Å². The number of rotatable bonds is 5. The third-order valence-electron chi connectivity index (χ3n) is 4.21. The topological polar surface area (TPSA) is 38.8 Å². The summed E-state index contributed by atoms with van der Waals surface area (Å²) in [5, 5.41) is 0. The van der Waals surface area contributed by atoms with E-state index in [1.165, 1.54) is 0 Å². The number of nitrogens with zero attached hydrogens (tertiary/aromatic N) is 1. The van der Waals surface area contributed by atoms with Crippen molar-refractivity contribution in [3.05, 3.63) is 89.3 Å². The molecule has 1 heterocycles. The van der Waals surface area contributed by atoms with Crippen molar-refractivity contribution in [2.75, 3.05) is 13.7 Å². The quantitative estimate of drug-likeness (QED) is 0.714. The maximum atomic E-state index is 12.6. The van der Waals surface area contributed by atoms with E-state index in [0.717, 1.165) is 29.7 Å². The molecule has 0 fully saturated rings. The predicted molar refractivity (Wildman–Crippen MR) is 102 cm³/mol. The number of hydrogen-bond acceptors (Lipinski definition) is 3. The zero-order chi connectivity index (χ0) is 18.2. The molecule has 1 aliphatic rings. The first-order chi connectivity index (χ1) is 12.8. The molecule has 0 radical (unpaired) electrons. The lowest BCUT2D eigenvalue weighted by molar-refractivity contribution is 0.102. The lowest BCUT2D eigenvalue weighted by atomic mass is 10.1. The standard InChI is InChI=1S/C22H23NO3/c1-25-21(16-18-10-4-2-5-11-18)20-14-8-9-15-23(20)22(24)26-17-19-12-6-3-7-13-19/h2-7,10-14,16H,8-9,15,17H2,1H3/b21-16+. The number of allylic oxidation sites excluding steroid dienone is 1. The van der Waals surface area contributed by atoms with Crippen LogP contribution in [0.5, 0.6) is 0 Å². The lowest BCUT2D eigenvalue weighted by Crippen LogP contribution is -2.34. The van der Waals surface area contributed by atoms with Crippen molar-refractivity contribution in [2.45, 2.75) is 19.4 Å². The minimum absolute atomic E-state index is 0.258. The van der Waals surface area contributed by atoms with Crippen LogP contribution in [0.3, 0.4) is 0 Å². The van der Waals surface area contributed by atoms with E-state index in [2.05, 4.69) is 0 Å². The molecule has 0 bridgehead atoms. The Morgan fingerprint density at radius 1 is 1.08 bits per heavy atom. The van der Waals surface area contributed by atoms with Gasteiger partial charge in [-0.05, 0) is 30.0 Å². The van der Waals surface area contributed by atoms with Crippen molar-refractivity contribution < 1.29 is 14.3 Å². The van der Waals surface area contributed by atoms with Gasteiger partial charge in [0.1, 0.15) is 12.4 Å². The normalized spacial score (nSPS) is 14.6. The fourth-order valence-corrected chi connectivity index (χ4v) is 2.88. The Morgan fingerprint density at radius 2 is 1.77 bits per heavy atom. The molecule has 0 N–H and O–H groups in total. The smallest absolute Gasteiger partial charge is 0.414 e. The van der Waals surface area contributed by atoms with Crippen LogP contribution in [-0.4, -0.2) is 24.6 Å². The maximum Gasteiger partial charge on any atom is 0.414 e. The summed E-state index contributed by atoms with van der Waals surface area (Å²) in [5.41, 5.74) is 2.75. The third-order valence-corrected chi connectivity index (χ3v) is 4.21. The third kappa shape index (κ3) is 4.54. The van der Waals surface area contributed by atoms with Gasteiger partial charge in [0, 0.05) is 6.54 Å². The van der Waals surface area contributed by atoms with Gasteiger partial charge in [-0.2, -0.15) is 0 Å². The van der Waals surface area contributed by atoms with Gasteiger partial charge >= 0.3 is 6.09 Å². The van der Waals surface area contributed by atoms with Crippen LogP contribution in [0.1, 0.15) is 24.0 Å². The maximum absolute atomic E-state index is 12.6. The number of methoxy groups -OCH3 is 1. The van der Waals surface area contributed by atoms with Gasteiger partial charge < -0.3 is 9.47 Å². The average molecular weight is 349 g/mol. The molecule has 0 atom stereocenters. The number of amides is 1. The first-order valence-electron chi connectivity index (χ1n) is 8.77. The summed E-state index contributed by atoms with van der Waals surface area (Å²) in [7, 11) is 1.62. The van der Waals surface area contributed by atoms with Crippen molar-refractivity contribution >= 4 is 12.2 Å². The Morgan fingerprint density at radius 3 is 2.46 bits per heavy atom. The Bertz CT molecular complexity index is 782. The minimum atomic E-state index is -0.351. The number of carbonyl (C=O) groups excluding carboxylic acids is 1. The van der Waals surface area contributed by atoms with Gasteiger partial charge in [0.05, 0.1) is 12.8 Å². The average Bonchev–Trinajstić information content (AvgIpc) is 2.72. The first kappa shape index (κ1) is 17.8. The van der Waals surface area contributed by atoms with Crippen LogP contribution in [0.15, 0.2) is 78.2 Å². The van der Waals surface area contributed by atoms with Crippen molar-refractivity contribution in [2.24, 2.45) is 0 Å². The Labute approximate surface area is 154 Å². The fourth-order valence-electron chi connectivity index (χ4n) is 2.88. The highest BCUT2D eigenvalue weighted by molar-refractivity contribution is 5.72. The Balaban J connectivity index is 1.75. The monoisotopic (exact) mass is 349 g/mol. The van der Waals surface area contributed by atoms with Gasteiger partial charge in [0.25, 0.3) is 0 Å². The SMILES string of the molecule is CO/C(=C/c1ccccc1)C1=CCCCN1C(=O)OCc1ccccc1. The molecule has 3 rings (SSSR count). The highest BCUT2D eigenvalue weighted by atomic mass is 16.6. The second-order valence-electron chi connectivity index (χ2n) is 6.05. The van der Waals surface area contributed by atoms with Gasteiger partial charge in [-0.3, -0.25) is 4.90 Å². The van der Waals surface area contributed by atoms with E-state index in [-0.39, 0.29) is 12.7 Å². The van der Waals surface area contributed by atoms with Gasteiger partial charge in [-0.1, -0.05) is 66.7 Å². The van der Waals surface area contributed by atoms with Crippen molar-refractivity contribution in [3.8, 4) is 0 Å². The van der Waals surface area contributed by atoms with Gasteiger partial charge in [0.15, 0.2) is 0 Å². The van der Waals surface area contributed by atoms with E-state index in [1.54, 1.807) is 12.0 Å². The molecule has 0 aromatic heterocycles. The number of hydrogen-bond donors (Lipinski definition) is 0. The Kier molecular flexibility index (Phi) is 6.09. The molecule has 0 spiro atoms. The number of benzene rings is 2. The van der Waals surface area contributed by atoms with Crippen LogP contribution in [0.25, 0.3) is 6.08 Å². The van der Waals surface area contributed by atoms with Crippen LogP contribution in [0.2, 0.25) is 0 Å². The van der Waals surface area contributed by atoms with Gasteiger partial charge in [-0.15, -0.1) is 0 Å². The summed E-state index contributed by atoms with van der Waals surface area (Å²) in [6.45, 7) is 0.878. The summed E-state index contributed by atoms with van der Waals surface area (Å²) in [5.74, 6) is 0.660. The molecule has 0 aliphatic carbocycles. The van der Waals surface area contributed by atoms with Crippen LogP contribution >= 0.6 is 0 Å². The van der Waals surface area contributed by atoms with Gasteiger partial charge in [0.2, 0.25) is 0 Å². The molecule has 1 amide bonds. The molecular weight excluding hydrogens is 326 g/mol. The summed E-state index contributed by atoms with van der Waals surface area (Å²) in [4.78, 5) is 14.3. The van der Waals surface area contributed by atoms with E-state index in [4.69, 9.17) is 9.47 Å². The Hall–Kier alpha value is -3.01. The number of carbonyl (C=O) groups is 1. The summed E-state index contributed by atoms with van der Waals surface area (Å²) in [6, 6.07) is 19.6. The second kappa shape index (κ2) is 8.90. The van der Waals surface area contributed by atoms with E-state index < -0.39 is 0 Å². The van der Waals surface area contributed by atoms with Gasteiger partial charge in [-0.25, -0.2) is 4.79 Å². The summed E-state index contributed by atoms with van der Waals surface area (Å²) in [6.07, 6.45) is 5.44. The molecule has 2 aromatic rings. The zero-order valence-corrected chi connectivity index (χ0v) is 14.9. The molecular formula is C22H23NO3. The molecule has 4 heteroatoms. The highest BCUT2D eigenvalue weighted by Gasteiger charge is 2.25. The van der Waals surface area contributed by atoms with Crippen LogP contribution in [0, 0.1) is 0 Å². The molecule has 1 aliphatic heterocycles. The molecule has 26 heavy (non-hydrogen) atoms. The summed E-state index contributed by atoms with van der Waals surface area (Å²) < 4.78 is 11.1. The van der Waals surface area contributed by atoms with E-state index in [9.17, 15) is 4.79 Å². The van der Waals surface area contributed by atoms with E-state index >= 15 is 0 Å².